The van der Waals surface area contributed by atoms with Gasteiger partial charge in [0.25, 0.3) is 0 Å². The Kier molecular flexibility index (Phi) is 5.01. The second-order valence-corrected chi connectivity index (χ2v) is 6.29. The van der Waals surface area contributed by atoms with Crippen LogP contribution in [0.25, 0.3) is 0 Å². The number of hydrogen-bond donors (Lipinski definition) is 2. The summed E-state index contributed by atoms with van der Waals surface area (Å²) < 4.78 is 1.40. The molecule has 2 rings (SSSR count). The van der Waals surface area contributed by atoms with Crippen LogP contribution in [0.2, 0.25) is 10.0 Å². The molecule has 19 heavy (non-hydrogen) atoms. The van der Waals surface area contributed by atoms with E-state index in [-0.39, 0.29) is 5.75 Å². The van der Waals surface area contributed by atoms with Crippen molar-refractivity contribution >= 4 is 60.7 Å². The Hall–Kier alpha value is -0.420. The van der Waals surface area contributed by atoms with Crippen LogP contribution >= 0.6 is 55.1 Å². The molecule has 0 aliphatic carbocycles. The van der Waals surface area contributed by atoms with Gasteiger partial charge in [-0.2, -0.15) is 0 Å². The molecule has 0 heterocycles. The summed E-state index contributed by atoms with van der Waals surface area (Å²) in [5, 5.41) is 14.0. The molecule has 0 aliphatic heterocycles. The van der Waals surface area contributed by atoms with E-state index in [1.165, 1.54) is 0 Å². The van der Waals surface area contributed by atoms with Gasteiger partial charge in [0.2, 0.25) is 0 Å². The summed E-state index contributed by atoms with van der Waals surface area (Å²) in [7, 11) is 0. The molecule has 0 unspecified atom stereocenters. The van der Waals surface area contributed by atoms with Crippen LogP contribution in [-0.2, 0) is 6.54 Å². The van der Waals surface area contributed by atoms with E-state index in [1.807, 2.05) is 24.3 Å². The highest BCUT2D eigenvalue weighted by Gasteiger charge is 2.09. The normalized spacial score (nSPS) is 10.5. The summed E-state index contributed by atoms with van der Waals surface area (Å²) in [5.74, 6) is 0.217. The molecule has 0 bridgehead atoms. The van der Waals surface area contributed by atoms with Crippen LogP contribution in [0.15, 0.2) is 39.3 Å². The molecule has 0 aromatic heterocycles. The summed E-state index contributed by atoms with van der Waals surface area (Å²) in [6.45, 7) is 0.447. The number of para-hydroxylation sites is 1. The van der Waals surface area contributed by atoms with E-state index in [2.05, 4.69) is 37.2 Å². The fourth-order valence-corrected chi connectivity index (χ4v) is 2.80. The van der Waals surface area contributed by atoms with Gasteiger partial charge in [-0.05, 0) is 50.1 Å². The Morgan fingerprint density at radius 1 is 1.00 bits per heavy atom. The van der Waals surface area contributed by atoms with Crippen molar-refractivity contribution in [2.24, 2.45) is 0 Å². The second kappa shape index (κ2) is 6.35. The van der Waals surface area contributed by atoms with Crippen LogP contribution in [0.5, 0.6) is 5.75 Å². The van der Waals surface area contributed by atoms with E-state index < -0.39 is 0 Å². The Labute approximate surface area is 138 Å². The van der Waals surface area contributed by atoms with Crippen LogP contribution in [-0.4, -0.2) is 5.11 Å². The topological polar surface area (TPSA) is 32.3 Å². The predicted molar refractivity (Wildman–Crippen MR) is 87.3 cm³/mol. The zero-order valence-corrected chi connectivity index (χ0v) is 14.2. The minimum Gasteiger partial charge on any atom is -0.506 e. The molecule has 0 amide bonds. The highest BCUT2D eigenvalue weighted by atomic mass is 79.9. The number of hydrogen-bond acceptors (Lipinski definition) is 2. The maximum Gasteiger partial charge on any atom is 0.134 e. The zero-order valence-electron chi connectivity index (χ0n) is 9.55. The molecular weight excluding hydrogens is 417 g/mol. The minimum atomic E-state index is 0.217. The maximum absolute atomic E-state index is 9.89. The molecule has 0 spiro atoms. The Morgan fingerprint density at radius 2 is 1.74 bits per heavy atom. The van der Waals surface area contributed by atoms with Crippen LogP contribution in [0, 0.1) is 0 Å². The van der Waals surface area contributed by atoms with E-state index in [0.29, 0.717) is 26.8 Å². The number of halogens is 4. The summed E-state index contributed by atoms with van der Waals surface area (Å²) in [4.78, 5) is 0. The number of nitrogens with one attached hydrogen (secondary N) is 1. The molecule has 0 atom stereocenters. The van der Waals surface area contributed by atoms with Crippen molar-refractivity contribution in [3.63, 3.8) is 0 Å². The van der Waals surface area contributed by atoms with E-state index in [1.54, 1.807) is 6.07 Å². The summed E-state index contributed by atoms with van der Waals surface area (Å²) in [6, 6.07) is 9.12. The summed E-state index contributed by atoms with van der Waals surface area (Å²) in [6.07, 6.45) is 0. The van der Waals surface area contributed by atoms with Crippen molar-refractivity contribution in [3.05, 3.63) is 54.9 Å². The Bertz CT molecular complexity index is 620. The molecule has 0 saturated carbocycles. The SMILES string of the molecule is Oc1c(Br)cccc1CNc1ccc(Br)c(Cl)c1Cl. The highest BCUT2D eigenvalue weighted by Crippen LogP contribution is 2.36. The average molecular weight is 426 g/mol. The molecule has 2 aromatic carbocycles. The lowest BCUT2D eigenvalue weighted by atomic mass is 10.2. The molecule has 0 aliphatic rings. The van der Waals surface area contributed by atoms with Gasteiger partial charge in [0.05, 0.1) is 20.2 Å². The van der Waals surface area contributed by atoms with Crippen molar-refractivity contribution in [2.45, 2.75) is 6.54 Å². The van der Waals surface area contributed by atoms with E-state index in [0.717, 1.165) is 10.0 Å². The van der Waals surface area contributed by atoms with Crippen molar-refractivity contribution in [1.29, 1.82) is 0 Å². The molecule has 0 radical (unpaired) electrons. The van der Waals surface area contributed by atoms with Crippen molar-refractivity contribution < 1.29 is 5.11 Å². The van der Waals surface area contributed by atoms with Gasteiger partial charge in [-0.25, -0.2) is 0 Å². The third-order valence-electron chi connectivity index (χ3n) is 2.57. The van der Waals surface area contributed by atoms with Gasteiger partial charge in [-0.1, -0.05) is 35.3 Å². The van der Waals surface area contributed by atoms with Crippen molar-refractivity contribution in [1.82, 2.24) is 0 Å². The summed E-state index contributed by atoms with van der Waals surface area (Å²) >= 11 is 18.8. The Morgan fingerprint density at radius 3 is 2.47 bits per heavy atom. The standard InChI is InChI=1S/C13H9Br2Cl2NO/c14-8-4-5-10(12(17)11(8)16)18-6-7-2-1-3-9(15)13(7)19/h1-5,18-19H,6H2. The number of anilines is 1. The highest BCUT2D eigenvalue weighted by molar-refractivity contribution is 9.10. The summed E-state index contributed by atoms with van der Waals surface area (Å²) in [5.41, 5.74) is 1.48. The van der Waals surface area contributed by atoms with E-state index in [9.17, 15) is 5.11 Å². The fraction of sp³-hybridized carbons (Fsp3) is 0.0769. The van der Waals surface area contributed by atoms with Crippen molar-refractivity contribution in [2.75, 3.05) is 5.32 Å². The quantitative estimate of drug-likeness (QED) is 0.606. The second-order valence-electron chi connectivity index (χ2n) is 3.82. The third-order valence-corrected chi connectivity index (χ3v) is 4.99. The molecular formula is C13H9Br2Cl2NO. The monoisotopic (exact) mass is 423 g/mol. The minimum absolute atomic E-state index is 0.217. The number of benzene rings is 2. The average Bonchev–Trinajstić information content (AvgIpc) is 2.40. The van der Waals surface area contributed by atoms with Gasteiger partial charge in [0, 0.05) is 16.6 Å². The zero-order chi connectivity index (χ0) is 14.0. The largest absolute Gasteiger partial charge is 0.506 e. The first kappa shape index (κ1) is 15.0. The van der Waals surface area contributed by atoms with E-state index >= 15 is 0 Å². The van der Waals surface area contributed by atoms with Gasteiger partial charge in [0.15, 0.2) is 0 Å². The lowest BCUT2D eigenvalue weighted by Crippen LogP contribution is -2.00. The molecule has 2 N–H and O–H groups in total. The van der Waals surface area contributed by atoms with Gasteiger partial charge < -0.3 is 10.4 Å². The van der Waals surface area contributed by atoms with Crippen LogP contribution in [0.1, 0.15) is 5.56 Å². The van der Waals surface area contributed by atoms with Gasteiger partial charge in [-0.15, -0.1) is 0 Å². The first-order chi connectivity index (χ1) is 9.00. The van der Waals surface area contributed by atoms with Crippen LogP contribution in [0.3, 0.4) is 0 Å². The van der Waals surface area contributed by atoms with Gasteiger partial charge in [0.1, 0.15) is 5.75 Å². The molecule has 100 valence electrons. The molecule has 2 nitrogen and oxygen atoms in total. The third kappa shape index (κ3) is 3.37. The fourth-order valence-electron chi connectivity index (χ4n) is 1.56. The van der Waals surface area contributed by atoms with E-state index in [4.69, 9.17) is 23.2 Å². The number of phenols is 1. The van der Waals surface area contributed by atoms with Crippen molar-refractivity contribution in [3.8, 4) is 5.75 Å². The molecule has 0 saturated heterocycles. The number of rotatable bonds is 3. The smallest absolute Gasteiger partial charge is 0.134 e. The van der Waals surface area contributed by atoms with Crippen LogP contribution < -0.4 is 5.32 Å². The lowest BCUT2D eigenvalue weighted by Gasteiger charge is -2.12. The Balaban J connectivity index is 2.20. The molecule has 2 aromatic rings. The van der Waals surface area contributed by atoms with Gasteiger partial charge in [-0.3, -0.25) is 0 Å². The number of aromatic hydroxyl groups is 1. The predicted octanol–water partition coefficient (Wildman–Crippen LogP) is 5.84. The maximum atomic E-state index is 9.89. The van der Waals surface area contributed by atoms with Gasteiger partial charge >= 0.3 is 0 Å². The molecule has 0 fully saturated rings. The first-order valence-electron chi connectivity index (χ1n) is 5.34. The number of phenolic OH excluding ortho intramolecular Hbond substituents is 1. The first-order valence-corrected chi connectivity index (χ1v) is 7.68. The lowest BCUT2D eigenvalue weighted by molar-refractivity contribution is 0.465. The molecule has 6 heteroatoms. The van der Waals surface area contributed by atoms with Crippen LogP contribution in [0.4, 0.5) is 5.69 Å².